The zero-order chi connectivity index (χ0) is 10.4. The van der Waals surface area contributed by atoms with Gasteiger partial charge in [0.05, 0.1) is 5.69 Å². The summed E-state index contributed by atoms with van der Waals surface area (Å²) in [4.78, 5) is 2.42. The minimum absolute atomic E-state index is 0.374. The van der Waals surface area contributed by atoms with Crippen LogP contribution in [0.4, 0.5) is 5.69 Å². The molecule has 0 bridgehead atoms. The van der Waals surface area contributed by atoms with Crippen LogP contribution in [0.15, 0.2) is 28.7 Å². The van der Waals surface area contributed by atoms with Crippen LogP contribution in [0.5, 0.6) is 0 Å². The molecule has 0 aromatic heterocycles. The number of hydrogen-bond donors (Lipinski definition) is 1. The third-order valence-electron chi connectivity index (χ3n) is 3.78. The summed E-state index contributed by atoms with van der Waals surface area (Å²) in [5, 5.41) is 9.10. The number of benzene rings is 1. The maximum atomic E-state index is 9.10. The van der Waals surface area contributed by atoms with Crippen LogP contribution in [0.3, 0.4) is 0 Å². The van der Waals surface area contributed by atoms with Crippen molar-refractivity contribution in [3.63, 3.8) is 0 Å². The monoisotopic (exact) mass is 267 g/mol. The third kappa shape index (κ3) is 1.49. The van der Waals surface area contributed by atoms with Crippen LogP contribution in [0.25, 0.3) is 0 Å². The molecule has 1 aliphatic heterocycles. The summed E-state index contributed by atoms with van der Waals surface area (Å²) in [6, 6.07) is 8.36. The van der Waals surface area contributed by atoms with E-state index in [0.717, 1.165) is 24.9 Å². The van der Waals surface area contributed by atoms with Crippen LogP contribution in [0.1, 0.15) is 0 Å². The lowest BCUT2D eigenvalue weighted by Gasteiger charge is -2.22. The van der Waals surface area contributed by atoms with Crippen molar-refractivity contribution < 1.29 is 5.11 Å². The molecule has 80 valence electrons. The molecule has 2 fully saturated rings. The smallest absolute Gasteiger partial charge is 0.0510 e. The predicted octanol–water partition coefficient (Wildman–Crippen LogP) is 2.12. The van der Waals surface area contributed by atoms with Crippen LogP contribution >= 0.6 is 15.9 Å². The molecule has 2 aliphatic rings. The summed E-state index contributed by atoms with van der Waals surface area (Å²) in [6.45, 7) is 2.59. The van der Waals surface area contributed by atoms with E-state index in [4.69, 9.17) is 5.11 Å². The van der Waals surface area contributed by atoms with Crippen LogP contribution in [0, 0.1) is 17.8 Å². The van der Waals surface area contributed by atoms with Crippen molar-refractivity contribution >= 4 is 21.6 Å². The molecule has 3 rings (SSSR count). The molecule has 1 saturated carbocycles. The molecule has 2 atom stereocenters. The Morgan fingerprint density at radius 3 is 2.53 bits per heavy atom. The predicted molar refractivity (Wildman–Crippen MR) is 63.9 cm³/mol. The maximum Gasteiger partial charge on any atom is 0.0510 e. The van der Waals surface area contributed by atoms with E-state index in [1.165, 1.54) is 10.2 Å². The maximum absolute atomic E-state index is 9.10. The second kappa shape index (κ2) is 3.49. The number of aliphatic hydroxyl groups excluding tert-OH is 1. The van der Waals surface area contributed by atoms with Gasteiger partial charge in [-0.1, -0.05) is 12.1 Å². The summed E-state index contributed by atoms with van der Waals surface area (Å²) in [7, 11) is 0. The molecule has 1 saturated heterocycles. The second-order valence-electron chi connectivity index (χ2n) is 4.53. The summed E-state index contributed by atoms with van der Waals surface area (Å²) in [6.07, 6.45) is 0. The minimum atomic E-state index is 0.374. The van der Waals surface area contributed by atoms with Gasteiger partial charge in [0.2, 0.25) is 0 Å². The Morgan fingerprint density at radius 1 is 1.27 bits per heavy atom. The first-order valence-corrected chi connectivity index (χ1v) is 6.21. The molecule has 1 aromatic rings. The Kier molecular flexibility index (Phi) is 2.25. The van der Waals surface area contributed by atoms with Gasteiger partial charge in [-0.25, -0.2) is 0 Å². The highest BCUT2D eigenvalue weighted by molar-refractivity contribution is 9.10. The van der Waals surface area contributed by atoms with Gasteiger partial charge >= 0.3 is 0 Å². The highest BCUT2D eigenvalue weighted by Gasteiger charge is 2.55. The Morgan fingerprint density at radius 2 is 1.93 bits per heavy atom. The highest BCUT2D eigenvalue weighted by atomic mass is 79.9. The SMILES string of the molecule is OCC1C2CN(c3ccccc3Br)CC12. The summed E-state index contributed by atoms with van der Waals surface area (Å²) < 4.78 is 1.17. The number of piperidine rings is 1. The summed E-state index contributed by atoms with van der Waals surface area (Å²) >= 11 is 3.58. The molecule has 0 spiro atoms. The van der Waals surface area contributed by atoms with Gasteiger partial charge in [0, 0.05) is 24.2 Å². The average molecular weight is 268 g/mol. The molecule has 3 heteroatoms. The zero-order valence-electron chi connectivity index (χ0n) is 8.44. The van der Waals surface area contributed by atoms with Crippen molar-refractivity contribution in [3.05, 3.63) is 28.7 Å². The standard InChI is InChI=1S/C12H14BrNO/c13-11-3-1-2-4-12(11)14-5-8-9(6-14)10(8)7-15/h1-4,8-10,15H,5-7H2. The third-order valence-corrected chi connectivity index (χ3v) is 4.45. The van der Waals surface area contributed by atoms with Crippen LogP contribution < -0.4 is 4.90 Å². The van der Waals surface area contributed by atoms with E-state index in [2.05, 4.69) is 39.0 Å². The lowest BCUT2D eigenvalue weighted by Crippen LogP contribution is -2.24. The van der Waals surface area contributed by atoms with E-state index in [-0.39, 0.29) is 0 Å². The van der Waals surface area contributed by atoms with Gasteiger partial charge in [0.25, 0.3) is 0 Å². The number of nitrogens with zero attached hydrogens (tertiary/aromatic N) is 1. The molecule has 15 heavy (non-hydrogen) atoms. The van der Waals surface area contributed by atoms with Crippen molar-refractivity contribution in [1.29, 1.82) is 0 Å². The molecular weight excluding hydrogens is 254 g/mol. The average Bonchev–Trinajstić information content (AvgIpc) is 2.72. The topological polar surface area (TPSA) is 23.5 Å². The normalized spacial score (nSPS) is 32.9. The molecule has 1 aliphatic carbocycles. The van der Waals surface area contributed by atoms with Crippen molar-refractivity contribution in [2.45, 2.75) is 0 Å². The highest BCUT2D eigenvalue weighted by Crippen LogP contribution is 2.52. The number of rotatable bonds is 2. The second-order valence-corrected chi connectivity index (χ2v) is 5.38. The van der Waals surface area contributed by atoms with Gasteiger partial charge in [-0.3, -0.25) is 0 Å². The Balaban J connectivity index is 1.75. The molecule has 0 radical (unpaired) electrons. The first kappa shape index (κ1) is 9.67. The van der Waals surface area contributed by atoms with Crippen LogP contribution in [0.2, 0.25) is 0 Å². The van der Waals surface area contributed by atoms with Crippen molar-refractivity contribution in [2.75, 3.05) is 24.6 Å². The Bertz CT molecular complexity index is 370. The first-order valence-electron chi connectivity index (χ1n) is 5.41. The fraction of sp³-hybridized carbons (Fsp3) is 0.500. The molecule has 0 amide bonds. The quantitative estimate of drug-likeness (QED) is 0.888. The van der Waals surface area contributed by atoms with E-state index in [0.29, 0.717) is 12.5 Å². The zero-order valence-corrected chi connectivity index (χ0v) is 10.0. The van der Waals surface area contributed by atoms with E-state index < -0.39 is 0 Å². The lowest BCUT2D eigenvalue weighted by molar-refractivity contribution is 0.260. The van der Waals surface area contributed by atoms with Crippen molar-refractivity contribution in [1.82, 2.24) is 0 Å². The number of fused-ring (bicyclic) bond motifs is 1. The molecule has 2 nitrogen and oxygen atoms in total. The van der Waals surface area contributed by atoms with Gasteiger partial charge < -0.3 is 10.0 Å². The molecule has 1 aromatic carbocycles. The van der Waals surface area contributed by atoms with Crippen LogP contribution in [-0.4, -0.2) is 24.8 Å². The largest absolute Gasteiger partial charge is 0.396 e. The van der Waals surface area contributed by atoms with Gasteiger partial charge in [0.1, 0.15) is 0 Å². The fourth-order valence-corrected chi connectivity index (χ4v) is 3.36. The van der Waals surface area contributed by atoms with Gasteiger partial charge in [-0.2, -0.15) is 0 Å². The van der Waals surface area contributed by atoms with E-state index >= 15 is 0 Å². The first-order chi connectivity index (χ1) is 7.31. The Labute approximate surface area is 98.0 Å². The molecule has 1 heterocycles. The van der Waals surface area contributed by atoms with E-state index in [1.807, 2.05) is 6.07 Å². The van der Waals surface area contributed by atoms with E-state index in [1.54, 1.807) is 0 Å². The molecular formula is C12H14BrNO. The van der Waals surface area contributed by atoms with Crippen LogP contribution in [-0.2, 0) is 0 Å². The van der Waals surface area contributed by atoms with Crippen molar-refractivity contribution in [3.8, 4) is 0 Å². The molecule has 1 N–H and O–H groups in total. The number of hydrogen-bond acceptors (Lipinski definition) is 2. The fourth-order valence-electron chi connectivity index (χ4n) is 2.83. The van der Waals surface area contributed by atoms with E-state index in [9.17, 15) is 0 Å². The number of halogens is 1. The lowest BCUT2D eigenvalue weighted by atomic mass is 10.2. The Hall–Kier alpha value is -0.540. The number of aliphatic hydroxyl groups is 1. The summed E-state index contributed by atoms with van der Waals surface area (Å²) in [5.41, 5.74) is 1.29. The van der Waals surface area contributed by atoms with Crippen molar-refractivity contribution in [2.24, 2.45) is 17.8 Å². The number of anilines is 1. The van der Waals surface area contributed by atoms with Gasteiger partial charge in [-0.15, -0.1) is 0 Å². The number of para-hydroxylation sites is 1. The van der Waals surface area contributed by atoms with Gasteiger partial charge in [-0.05, 0) is 45.8 Å². The van der Waals surface area contributed by atoms with Gasteiger partial charge in [0.15, 0.2) is 0 Å². The molecule has 2 unspecified atom stereocenters. The minimum Gasteiger partial charge on any atom is -0.396 e. The summed E-state index contributed by atoms with van der Waals surface area (Å²) in [5.74, 6) is 2.06.